The van der Waals surface area contributed by atoms with Crippen molar-refractivity contribution in [2.24, 2.45) is 0 Å². The van der Waals surface area contributed by atoms with Gasteiger partial charge in [-0.25, -0.2) is 0 Å². The van der Waals surface area contributed by atoms with Gasteiger partial charge in [-0.05, 0) is 112 Å². The predicted octanol–water partition coefficient (Wildman–Crippen LogP) is 16.2. The van der Waals surface area contributed by atoms with Crippen LogP contribution >= 0.6 is 0 Å². The van der Waals surface area contributed by atoms with Gasteiger partial charge in [0.05, 0.1) is 11.4 Å². The minimum Gasteiger partial charge on any atom is -0.454 e. The molecule has 0 aliphatic heterocycles. The van der Waals surface area contributed by atoms with E-state index < -0.39 is 0 Å². The first-order valence-corrected chi connectivity index (χ1v) is 20.0. The van der Waals surface area contributed by atoms with Crippen LogP contribution in [-0.2, 0) is 0 Å². The topological polar surface area (TPSA) is 16.4 Å². The molecule has 0 bridgehead atoms. The Balaban J connectivity index is 1.15. The number of furan rings is 1. The minimum absolute atomic E-state index is 0.868. The third-order valence-electron chi connectivity index (χ3n) is 12.5. The van der Waals surface area contributed by atoms with Gasteiger partial charge in [-0.3, -0.25) is 0 Å². The number of nitrogens with zero attached hydrogens (tertiary/aromatic N) is 1. The van der Waals surface area contributed by atoms with E-state index in [9.17, 15) is 0 Å². The lowest BCUT2D eigenvalue weighted by molar-refractivity contribution is 0.669. The first-order valence-electron chi connectivity index (χ1n) is 20.0. The predicted molar refractivity (Wildman–Crippen MR) is 248 cm³/mol. The fourth-order valence-electron chi connectivity index (χ4n) is 9.96. The maximum atomic E-state index is 6.80. The summed E-state index contributed by atoms with van der Waals surface area (Å²) in [5, 5.41) is 19.8. The lowest BCUT2D eigenvalue weighted by atomic mass is 9.87. The lowest BCUT2D eigenvalue weighted by Gasteiger charge is -2.28. The molecule has 0 radical (unpaired) electrons. The summed E-state index contributed by atoms with van der Waals surface area (Å²) in [5.74, 6) is 0. The van der Waals surface area contributed by atoms with Crippen LogP contribution in [0.1, 0.15) is 0 Å². The molecule has 12 aromatic carbocycles. The van der Waals surface area contributed by atoms with E-state index >= 15 is 0 Å². The van der Waals surface area contributed by atoms with Gasteiger partial charge < -0.3 is 9.32 Å². The van der Waals surface area contributed by atoms with Crippen LogP contribution in [0.2, 0.25) is 0 Å². The maximum absolute atomic E-state index is 6.80. The monoisotopic (exact) mass is 735 g/mol. The zero-order valence-corrected chi connectivity index (χ0v) is 31.4. The van der Waals surface area contributed by atoms with Gasteiger partial charge in [-0.2, -0.15) is 0 Å². The summed E-state index contributed by atoms with van der Waals surface area (Å²) in [6.07, 6.45) is 0. The second kappa shape index (κ2) is 11.9. The normalized spacial score (nSPS) is 12.1. The zero-order chi connectivity index (χ0) is 37.9. The van der Waals surface area contributed by atoms with Crippen molar-refractivity contribution >= 4 is 114 Å². The molecule has 0 aliphatic rings. The van der Waals surface area contributed by atoms with E-state index in [1.807, 2.05) is 6.07 Å². The molecule has 13 aromatic rings. The highest BCUT2D eigenvalue weighted by Crippen LogP contribution is 2.50. The minimum atomic E-state index is 0.868. The molecule has 2 heteroatoms. The van der Waals surface area contributed by atoms with Crippen LogP contribution in [0, 0.1) is 0 Å². The smallest absolute Gasteiger partial charge is 0.159 e. The van der Waals surface area contributed by atoms with Crippen molar-refractivity contribution < 1.29 is 4.42 Å². The van der Waals surface area contributed by atoms with Gasteiger partial charge in [0, 0.05) is 27.2 Å². The fourth-order valence-corrected chi connectivity index (χ4v) is 9.96. The van der Waals surface area contributed by atoms with Crippen LogP contribution in [0.4, 0.5) is 17.1 Å². The number of rotatable bonds is 4. The van der Waals surface area contributed by atoms with Crippen LogP contribution in [0.25, 0.3) is 108 Å². The van der Waals surface area contributed by atoms with Crippen LogP contribution in [-0.4, -0.2) is 0 Å². The van der Waals surface area contributed by atoms with E-state index in [1.165, 1.54) is 86.5 Å². The number of fused-ring (bicyclic) bond motifs is 6. The SMILES string of the molecule is c1ccc2cc(-c3ccc(N(c4cc5cccc6c7cccc8ccc9cccc(c%10cccc4c%10c56)c9c87)c4cccc5c4oc4ccccc45)cc3)ccc2c1. The van der Waals surface area contributed by atoms with Crippen molar-refractivity contribution in [2.45, 2.75) is 0 Å². The molecule has 0 spiro atoms. The molecule has 0 atom stereocenters. The Bertz CT molecular complexity index is 3800. The molecule has 1 aromatic heterocycles. The summed E-state index contributed by atoms with van der Waals surface area (Å²) < 4.78 is 6.80. The van der Waals surface area contributed by atoms with Gasteiger partial charge in [0.25, 0.3) is 0 Å². The highest BCUT2D eigenvalue weighted by atomic mass is 16.3. The Labute approximate surface area is 333 Å². The van der Waals surface area contributed by atoms with Crippen LogP contribution in [0.15, 0.2) is 205 Å². The average molecular weight is 736 g/mol. The summed E-state index contributed by atoms with van der Waals surface area (Å²) in [6, 6.07) is 73.5. The van der Waals surface area contributed by atoms with E-state index in [4.69, 9.17) is 4.42 Å². The number of para-hydroxylation sites is 2. The highest BCUT2D eigenvalue weighted by molar-refractivity contribution is 6.38. The molecule has 268 valence electrons. The molecule has 2 nitrogen and oxygen atoms in total. The molecule has 0 unspecified atom stereocenters. The third-order valence-corrected chi connectivity index (χ3v) is 12.5. The van der Waals surface area contributed by atoms with Gasteiger partial charge in [-0.1, -0.05) is 164 Å². The molecule has 0 aliphatic carbocycles. The number of hydrogen-bond donors (Lipinski definition) is 0. The second-order valence-corrected chi connectivity index (χ2v) is 15.6. The molecule has 0 N–H and O–H groups in total. The van der Waals surface area contributed by atoms with E-state index in [-0.39, 0.29) is 0 Å². The van der Waals surface area contributed by atoms with Crippen molar-refractivity contribution in [1.29, 1.82) is 0 Å². The Kier molecular flexibility index (Phi) is 6.47. The van der Waals surface area contributed by atoms with E-state index in [2.05, 4.69) is 199 Å². The van der Waals surface area contributed by atoms with Crippen molar-refractivity contribution in [3.63, 3.8) is 0 Å². The Hall–Kier alpha value is -7.68. The van der Waals surface area contributed by atoms with Gasteiger partial charge >= 0.3 is 0 Å². The maximum Gasteiger partial charge on any atom is 0.159 e. The van der Waals surface area contributed by atoms with Crippen LogP contribution < -0.4 is 4.90 Å². The quantitative estimate of drug-likeness (QED) is 0.167. The number of hydrogen-bond acceptors (Lipinski definition) is 2. The molecule has 58 heavy (non-hydrogen) atoms. The Morgan fingerprint density at radius 3 is 1.57 bits per heavy atom. The Morgan fingerprint density at radius 1 is 0.293 bits per heavy atom. The molecule has 1 heterocycles. The average Bonchev–Trinajstić information content (AvgIpc) is 3.67. The molecule has 0 amide bonds. The van der Waals surface area contributed by atoms with E-state index in [0.29, 0.717) is 0 Å². The lowest BCUT2D eigenvalue weighted by Crippen LogP contribution is -2.11. The van der Waals surface area contributed by atoms with Crippen molar-refractivity contribution in [3.05, 3.63) is 200 Å². The third kappa shape index (κ3) is 4.43. The highest BCUT2D eigenvalue weighted by Gasteiger charge is 2.24. The van der Waals surface area contributed by atoms with Crippen molar-refractivity contribution in [1.82, 2.24) is 0 Å². The summed E-state index contributed by atoms with van der Waals surface area (Å²) in [4.78, 5) is 2.42. The van der Waals surface area contributed by atoms with E-state index in [0.717, 1.165) is 39.0 Å². The van der Waals surface area contributed by atoms with Crippen molar-refractivity contribution in [3.8, 4) is 11.1 Å². The molecular formula is C56H33NO. The zero-order valence-electron chi connectivity index (χ0n) is 31.4. The molecule has 0 saturated carbocycles. The van der Waals surface area contributed by atoms with Gasteiger partial charge in [0.15, 0.2) is 5.58 Å². The fraction of sp³-hybridized carbons (Fsp3) is 0. The first kappa shape index (κ1) is 31.5. The standard InChI is InChI=1S/C56H33NO/c1-2-11-38-32-39(27-24-34(38)10-1)35-28-30-41(31-29-35)57(49-22-9-20-47-42-15-3-4-23-51(42)58-56(47)49)50-33-40-14-7-18-44-43-16-5-12-36-25-26-37-13-6-17-45(53(37)52(36)43)46-19-8-21-48(50)55(46)54(40)44/h1-33H. The second-order valence-electron chi connectivity index (χ2n) is 15.6. The first-order chi connectivity index (χ1) is 28.8. The van der Waals surface area contributed by atoms with Crippen molar-refractivity contribution in [2.75, 3.05) is 4.90 Å². The summed E-state index contributed by atoms with van der Waals surface area (Å²) in [6.45, 7) is 0. The summed E-state index contributed by atoms with van der Waals surface area (Å²) >= 11 is 0. The van der Waals surface area contributed by atoms with E-state index in [1.54, 1.807) is 0 Å². The van der Waals surface area contributed by atoms with Crippen LogP contribution in [0.3, 0.4) is 0 Å². The van der Waals surface area contributed by atoms with Crippen LogP contribution in [0.5, 0.6) is 0 Å². The summed E-state index contributed by atoms with van der Waals surface area (Å²) in [7, 11) is 0. The summed E-state index contributed by atoms with van der Waals surface area (Å²) in [5.41, 5.74) is 7.29. The van der Waals surface area contributed by atoms with Gasteiger partial charge in [0.1, 0.15) is 5.58 Å². The number of anilines is 3. The van der Waals surface area contributed by atoms with Gasteiger partial charge in [-0.15, -0.1) is 0 Å². The molecule has 0 saturated heterocycles. The van der Waals surface area contributed by atoms with Gasteiger partial charge in [0.2, 0.25) is 0 Å². The largest absolute Gasteiger partial charge is 0.454 e. The molecule has 0 fully saturated rings. The molecule has 13 rings (SSSR count). The molecular weight excluding hydrogens is 703 g/mol. The Morgan fingerprint density at radius 2 is 0.810 bits per heavy atom. The number of benzene rings is 11.